The van der Waals surface area contributed by atoms with Crippen molar-refractivity contribution >= 4 is 8.56 Å². The molecule has 0 aromatic heterocycles. The third-order valence-corrected chi connectivity index (χ3v) is 6.91. The van der Waals surface area contributed by atoms with Gasteiger partial charge < -0.3 is 28.8 Å². The summed E-state index contributed by atoms with van der Waals surface area (Å²) in [6, 6.07) is 1.61. The Labute approximate surface area is 149 Å². The molecule has 0 aliphatic carbocycles. The van der Waals surface area contributed by atoms with E-state index in [2.05, 4.69) is 6.92 Å². The van der Waals surface area contributed by atoms with Gasteiger partial charge in [-0.3, -0.25) is 4.90 Å². The van der Waals surface area contributed by atoms with Crippen molar-refractivity contribution in [1.82, 2.24) is 4.90 Å². The number of hydrogen-bond donors (Lipinski definition) is 1. The summed E-state index contributed by atoms with van der Waals surface area (Å²) in [6.45, 7) is 10.1. The van der Waals surface area contributed by atoms with Gasteiger partial charge in [-0.2, -0.15) is 0 Å². The van der Waals surface area contributed by atoms with E-state index in [0.29, 0.717) is 33.1 Å². The molecule has 2 N–H and O–H groups in total. The van der Waals surface area contributed by atoms with Crippen LogP contribution in [0, 0.1) is 0 Å². The van der Waals surface area contributed by atoms with Crippen LogP contribution in [-0.2, 0) is 23.1 Å². The maximum atomic E-state index is 6.41. The Morgan fingerprint density at radius 2 is 1.46 bits per heavy atom. The minimum Gasteiger partial charge on any atom is -0.381 e. The van der Waals surface area contributed by atoms with E-state index >= 15 is 0 Å². The smallest absolute Gasteiger partial charge is 0.381 e. The molecule has 0 aromatic carbocycles. The Balaban J connectivity index is 5.49. The lowest BCUT2D eigenvalue weighted by Gasteiger charge is -2.40. The van der Waals surface area contributed by atoms with Gasteiger partial charge in [-0.15, -0.1) is 0 Å². The standard InChI is InChI=1S/C16H38N2O5Si/c1-7-13-24(14-11-12-17,22-15-18(5)6)23-16(19-8-2,20-9-3)21-10-4/h7-15,17H2,1-6H3. The number of nitrogens with two attached hydrogens (primary N) is 1. The Kier molecular flexibility index (Phi) is 13.1. The SMILES string of the molecule is CCC[Si](CCCN)(OCN(C)C)OC(OCC)(OCC)OCC. The summed E-state index contributed by atoms with van der Waals surface area (Å²) in [6.07, 6.45) is 0.283. The molecule has 146 valence electrons. The van der Waals surface area contributed by atoms with Crippen LogP contribution in [0.5, 0.6) is 0 Å². The summed E-state index contributed by atoms with van der Waals surface area (Å²) in [4.78, 5) is 1.98. The van der Waals surface area contributed by atoms with Crippen LogP contribution < -0.4 is 5.73 Å². The van der Waals surface area contributed by atoms with Gasteiger partial charge in [-0.05, 0) is 59.9 Å². The fourth-order valence-corrected chi connectivity index (χ4v) is 5.80. The van der Waals surface area contributed by atoms with Crippen molar-refractivity contribution in [1.29, 1.82) is 0 Å². The van der Waals surface area contributed by atoms with E-state index in [-0.39, 0.29) is 0 Å². The highest BCUT2D eigenvalue weighted by Gasteiger charge is 2.48. The van der Waals surface area contributed by atoms with E-state index in [0.717, 1.165) is 24.9 Å². The van der Waals surface area contributed by atoms with Crippen LogP contribution in [0.25, 0.3) is 0 Å². The van der Waals surface area contributed by atoms with Gasteiger partial charge >= 0.3 is 14.7 Å². The predicted octanol–water partition coefficient (Wildman–Crippen LogP) is 2.46. The molecule has 24 heavy (non-hydrogen) atoms. The molecular formula is C16H38N2O5Si. The molecule has 0 saturated carbocycles. The molecule has 0 aromatic rings. The van der Waals surface area contributed by atoms with Crippen LogP contribution >= 0.6 is 0 Å². The third-order valence-electron chi connectivity index (χ3n) is 3.25. The zero-order valence-corrected chi connectivity index (χ0v) is 17.4. The summed E-state index contributed by atoms with van der Waals surface area (Å²) in [7, 11) is 1.31. The second-order valence-electron chi connectivity index (χ2n) is 5.81. The van der Waals surface area contributed by atoms with Crippen molar-refractivity contribution in [3.05, 3.63) is 0 Å². The molecule has 0 aliphatic rings. The number of nitrogens with zero attached hydrogens (tertiary/aromatic N) is 1. The highest BCUT2D eigenvalue weighted by atomic mass is 28.4. The quantitative estimate of drug-likeness (QED) is 0.332. The zero-order chi connectivity index (χ0) is 18.5. The van der Waals surface area contributed by atoms with E-state index in [4.69, 9.17) is 28.8 Å². The van der Waals surface area contributed by atoms with Gasteiger partial charge in [0, 0.05) is 0 Å². The molecule has 0 radical (unpaired) electrons. The first-order chi connectivity index (χ1) is 11.4. The highest BCUT2D eigenvalue weighted by Crippen LogP contribution is 2.31. The van der Waals surface area contributed by atoms with Gasteiger partial charge in [0.25, 0.3) is 0 Å². The average molecular weight is 367 g/mol. The fraction of sp³-hybridized carbons (Fsp3) is 1.00. The van der Waals surface area contributed by atoms with Crippen LogP contribution in [0.2, 0.25) is 12.1 Å². The van der Waals surface area contributed by atoms with Crippen molar-refractivity contribution in [2.24, 2.45) is 5.73 Å². The first-order valence-electron chi connectivity index (χ1n) is 9.03. The molecule has 0 fully saturated rings. The van der Waals surface area contributed by atoms with Gasteiger partial charge in [0.15, 0.2) is 0 Å². The fourth-order valence-electron chi connectivity index (χ4n) is 2.37. The molecule has 1 atom stereocenters. The largest absolute Gasteiger partial charge is 0.404 e. The van der Waals surface area contributed by atoms with E-state index in [1.54, 1.807) is 0 Å². The molecule has 7 nitrogen and oxygen atoms in total. The number of rotatable bonds is 16. The lowest BCUT2D eigenvalue weighted by Crippen LogP contribution is -2.55. The zero-order valence-electron chi connectivity index (χ0n) is 16.4. The van der Waals surface area contributed by atoms with Gasteiger partial charge in [0.1, 0.15) is 0 Å². The van der Waals surface area contributed by atoms with Crippen molar-refractivity contribution in [3.8, 4) is 0 Å². The van der Waals surface area contributed by atoms with Crippen LogP contribution in [0.3, 0.4) is 0 Å². The Bertz CT molecular complexity index is 293. The maximum Gasteiger partial charge on any atom is 0.404 e. The predicted molar refractivity (Wildman–Crippen MR) is 97.7 cm³/mol. The molecule has 0 aliphatic heterocycles. The van der Waals surface area contributed by atoms with Crippen molar-refractivity contribution < 1.29 is 23.1 Å². The number of ether oxygens (including phenoxy) is 3. The van der Waals surface area contributed by atoms with E-state index in [1.807, 2.05) is 39.8 Å². The summed E-state index contributed by atoms with van der Waals surface area (Å²) < 4.78 is 29.9. The highest BCUT2D eigenvalue weighted by molar-refractivity contribution is 6.67. The third kappa shape index (κ3) is 8.86. The number of hydrogen-bond acceptors (Lipinski definition) is 7. The van der Waals surface area contributed by atoms with Crippen molar-refractivity contribution in [3.63, 3.8) is 0 Å². The molecule has 8 heteroatoms. The minimum absolute atomic E-state index is 0.418. The molecule has 0 rings (SSSR count). The molecule has 0 saturated heterocycles. The molecule has 1 unspecified atom stereocenters. The second-order valence-corrected chi connectivity index (χ2v) is 9.12. The molecule has 0 amide bonds. The average Bonchev–Trinajstić information content (AvgIpc) is 2.52. The van der Waals surface area contributed by atoms with E-state index in [1.165, 1.54) is 0 Å². The van der Waals surface area contributed by atoms with Crippen LogP contribution in [0.1, 0.15) is 40.5 Å². The lowest BCUT2D eigenvalue weighted by molar-refractivity contribution is -0.475. The topological polar surface area (TPSA) is 75.4 Å². The normalized spacial score (nSPS) is 15.0. The summed E-state index contributed by atoms with van der Waals surface area (Å²) in [5.41, 5.74) is 5.73. The molecule has 0 spiro atoms. The van der Waals surface area contributed by atoms with Gasteiger partial charge in [-0.1, -0.05) is 13.3 Å². The van der Waals surface area contributed by atoms with Crippen LogP contribution in [-0.4, -0.2) is 66.8 Å². The van der Waals surface area contributed by atoms with E-state index in [9.17, 15) is 0 Å². The minimum atomic E-state index is -2.62. The van der Waals surface area contributed by atoms with Crippen LogP contribution in [0.15, 0.2) is 0 Å². The van der Waals surface area contributed by atoms with E-state index < -0.39 is 14.7 Å². The summed E-state index contributed by atoms with van der Waals surface area (Å²) in [5.74, 6) is 0. The second kappa shape index (κ2) is 13.2. The molecule has 0 bridgehead atoms. The maximum absolute atomic E-state index is 6.41. The summed E-state index contributed by atoms with van der Waals surface area (Å²) >= 11 is 0. The first kappa shape index (κ1) is 23.9. The Morgan fingerprint density at radius 3 is 1.83 bits per heavy atom. The van der Waals surface area contributed by atoms with Crippen LogP contribution in [0.4, 0.5) is 0 Å². The molecule has 0 heterocycles. The van der Waals surface area contributed by atoms with Crippen molar-refractivity contribution in [2.75, 3.05) is 47.2 Å². The summed E-state index contributed by atoms with van der Waals surface area (Å²) in [5, 5.41) is 0. The lowest BCUT2D eigenvalue weighted by atomic mass is 10.5. The monoisotopic (exact) mass is 366 g/mol. The first-order valence-corrected chi connectivity index (χ1v) is 11.3. The van der Waals surface area contributed by atoms with Gasteiger partial charge in [0.05, 0.1) is 26.6 Å². The van der Waals surface area contributed by atoms with Gasteiger partial charge in [0.2, 0.25) is 0 Å². The van der Waals surface area contributed by atoms with Crippen molar-refractivity contribution in [2.45, 2.75) is 58.8 Å². The Hall–Kier alpha value is -0.0631. The molecular weight excluding hydrogens is 328 g/mol. The Morgan fingerprint density at radius 1 is 0.917 bits per heavy atom. The van der Waals surface area contributed by atoms with Gasteiger partial charge in [-0.25, -0.2) is 0 Å².